The van der Waals surface area contributed by atoms with Crippen molar-refractivity contribution < 1.29 is 4.42 Å². The molecule has 5 rings (SSSR count). The van der Waals surface area contributed by atoms with Crippen molar-refractivity contribution in [1.82, 2.24) is 9.97 Å². The van der Waals surface area contributed by atoms with Gasteiger partial charge in [0, 0.05) is 22.5 Å². The summed E-state index contributed by atoms with van der Waals surface area (Å²) in [6.07, 6.45) is 1.80. The van der Waals surface area contributed by atoms with E-state index in [0.29, 0.717) is 0 Å². The summed E-state index contributed by atoms with van der Waals surface area (Å²) in [6, 6.07) is 22.1. The molecule has 0 amide bonds. The third-order valence-electron chi connectivity index (χ3n) is 4.11. The second-order valence-corrected chi connectivity index (χ2v) is 5.53. The van der Waals surface area contributed by atoms with E-state index < -0.39 is 0 Å². The normalized spacial score (nSPS) is 11.5. The second-order valence-electron chi connectivity index (χ2n) is 5.53. The molecule has 3 aromatic heterocycles. The van der Waals surface area contributed by atoms with Gasteiger partial charge < -0.3 is 4.42 Å². The van der Waals surface area contributed by atoms with Crippen LogP contribution >= 0.6 is 0 Å². The Labute approximate surface area is 132 Å². The van der Waals surface area contributed by atoms with E-state index in [-0.39, 0.29) is 0 Å². The van der Waals surface area contributed by atoms with Gasteiger partial charge in [-0.1, -0.05) is 30.3 Å². The number of benzene rings is 2. The Morgan fingerprint density at radius 3 is 2.65 bits per heavy atom. The topological polar surface area (TPSA) is 38.9 Å². The van der Waals surface area contributed by atoms with Crippen LogP contribution in [0.4, 0.5) is 0 Å². The molecule has 2 aromatic carbocycles. The molecule has 0 fully saturated rings. The number of furan rings is 1. The van der Waals surface area contributed by atoms with Gasteiger partial charge in [-0.3, -0.25) is 4.98 Å². The van der Waals surface area contributed by atoms with E-state index in [2.05, 4.69) is 23.2 Å². The minimum Gasteiger partial charge on any atom is -0.454 e. The molecular formula is C20H12N2O. The highest BCUT2D eigenvalue weighted by Gasteiger charge is 2.14. The third-order valence-corrected chi connectivity index (χ3v) is 4.11. The number of hydrogen-bond acceptors (Lipinski definition) is 3. The Bertz CT molecular complexity index is 1160. The fourth-order valence-electron chi connectivity index (χ4n) is 3.03. The summed E-state index contributed by atoms with van der Waals surface area (Å²) in [5.41, 5.74) is 5.42. The standard InChI is InChI=1S/C20H12N2O/c1-2-9-16-13(6-1)12-18-19(22-16)15-8-5-7-14(20(15)23-18)17-10-3-4-11-21-17/h1-12H. The van der Waals surface area contributed by atoms with Crippen molar-refractivity contribution in [2.75, 3.05) is 0 Å². The Hall–Kier alpha value is -3.20. The smallest absolute Gasteiger partial charge is 0.154 e. The first-order valence-electron chi connectivity index (χ1n) is 7.52. The number of pyridine rings is 2. The van der Waals surface area contributed by atoms with Crippen LogP contribution in [0.1, 0.15) is 0 Å². The highest BCUT2D eigenvalue weighted by Crippen LogP contribution is 2.35. The quantitative estimate of drug-likeness (QED) is 0.427. The van der Waals surface area contributed by atoms with Crippen molar-refractivity contribution >= 4 is 33.0 Å². The molecule has 0 bridgehead atoms. The largest absolute Gasteiger partial charge is 0.454 e. The maximum atomic E-state index is 6.14. The lowest BCUT2D eigenvalue weighted by atomic mass is 10.1. The lowest BCUT2D eigenvalue weighted by Crippen LogP contribution is -1.82. The fraction of sp³-hybridized carbons (Fsp3) is 0. The van der Waals surface area contributed by atoms with E-state index in [9.17, 15) is 0 Å². The average Bonchev–Trinajstić information content (AvgIpc) is 2.98. The summed E-state index contributed by atoms with van der Waals surface area (Å²) in [5.74, 6) is 0. The zero-order chi connectivity index (χ0) is 15.2. The molecule has 0 atom stereocenters. The van der Waals surface area contributed by atoms with Crippen LogP contribution in [0, 0.1) is 0 Å². The predicted octanol–water partition coefficient (Wildman–Crippen LogP) is 5.20. The second kappa shape index (κ2) is 4.65. The summed E-state index contributed by atoms with van der Waals surface area (Å²) in [6.45, 7) is 0. The van der Waals surface area contributed by atoms with Crippen molar-refractivity contribution in [1.29, 1.82) is 0 Å². The first kappa shape index (κ1) is 12.4. The first-order valence-corrected chi connectivity index (χ1v) is 7.52. The number of rotatable bonds is 1. The molecule has 0 aliphatic carbocycles. The van der Waals surface area contributed by atoms with Gasteiger partial charge in [-0.05, 0) is 36.4 Å². The van der Waals surface area contributed by atoms with Gasteiger partial charge in [-0.15, -0.1) is 0 Å². The van der Waals surface area contributed by atoms with Gasteiger partial charge >= 0.3 is 0 Å². The lowest BCUT2D eigenvalue weighted by Gasteiger charge is -2.00. The van der Waals surface area contributed by atoms with Gasteiger partial charge in [0.25, 0.3) is 0 Å². The molecule has 0 saturated heterocycles. The Balaban J connectivity index is 1.91. The molecule has 0 saturated carbocycles. The van der Waals surface area contributed by atoms with Gasteiger partial charge in [-0.2, -0.15) is 0 Å². The lowest BCUT2D eigenvalue weighted by molar-refractivity contribution is 0.669. The van der Waals surface area contributed by atoms with Gasteiger partial charge in [-0.25, -0.2) is 4.98 Å². The van der Waals surface area contributed by atoms with E-state index in [1.54, 1.807) is 6.20 Å². The predicted molar refractivity (Wildman–Crippen MR) is 92.3 cm³/mol. The summed E-state index contributed by atoms with van der Waals surface area (Å²) in [4.78, 5) is 9.23. The zero-order valence-corrected chi connectivity index (χ0v) is 12.2. The zero-order valence-electron chi connectivity index (χ0n) is 12.2. The van der Waals surface area contributed by atoms with Gasteiger partial charge in [0.1, 0.15) is 11.1 Å². The van der Waals surface area contributed by atoms with E-state index in [1.807, 2.05) is 48.5 Å². The molecule has 0 aliphatic heterocycles. The van der Waals surface area contributed by atoms with Crippen LogP contribution in [-0.2, 0) is 0 Å². The van der Waals surface area contributed by atoms with Gasteiger partial charge in [0.2, 0.25) is 0 Å². The molecule has 3 heteroatoms. The summed E-state index contributed by atoms with van der Waals surface area (Å²) >= 11 is 0. The van der Waals surface area contributed by atoms with Gasteiger partial charge in [0.15, 0.2) is 5.58 Å². The van der Waals surface area contributed by atoms with E-state index >= 15 is 0 Å². The Kier molecular flexibility index (Phi) is 2.50. The van der Waals surface area contributed by atoms with Crippen molar-refractivity contribution in [2.24, 2.45) is 0 Å². The van der Waals surface area contributed by atoms with Crippen LogP contribution in [0.5, 0.6) is 0 Å². The summed E-state index contributed by atoms with van der Waals surface area (Å²) < 4.78 is 6.14. The molecule has 23 heavy (non-hydrogen) atoms. The molecule has 0 N–H and O–H groups in total. The molecule has 3 heterocycles. The van der Waals surface area contributed by atoms with Crippen LogP contribution in [0.2, 0.25) is 0 Å². The van der Waals surface area contributed by atoms with E-state index in [4.69, 9.17) is 9.40 Å². The molecule has 108 valence electrons. The molecule has 3 nitrogen and oxygen atoms in total. The minimum absolute atomic E-state index is 0.807. The van der Waals surface area contributed by atoms with Crippen LogP contribution in [0.15, 0.2) is 77.3 Å². The third kappa shape index (κ3) is 1.83. The highest BCUT2D eigenvalue weighted by atomic mass is 16.3. The number of hydrogen-bond donors (Lipinski definition) is 0. The number of nitrogens with zero attached hydrogens (tertiary/aromatic N) is 2. The molecule has 0 spiro atoms. The monoisotopic (exact) mass is 296 g/mol. The maximum Gasteiger partial charge on any atom is 0.154 e. The average molecular weight is 296 g/mol. The van der Waals surface area contributed by atoms with Crippen LogP contribution < -0.4 is 0 Å². The molecule has 0 unspecified atom stereocenters. The van der Waals surface area contributed by atoms with E-state index in [1.165, 1.54) is 0 Å². The maximum absolute atomic E-state index is 6.14. The Morgan fingerprint density at radius 1 is 0.826 bits per heavy atom. The molecule has 0 aliphatic rings. The first-order chi connectivity index (χ1) is 11.4. The van der Waals surface area contributed by atoms with Crippen molar-refractivity contribution in [2.45, 2.75) is 0 Å². The van der Waals surface area contributed by atoms with Gasteiger partial charge in [0.05, 0.1) is 11.2 Å². The summed E-state index contributed by atoms with van der Waals surface area (Å²) in [5, 5.41) is 2.10. The minimum atomic E-state index is 0.807. The number of fused-ring (bicyclic) bond motifs is 4. The highest BCUT2D eigenvalue weighted by molar-refractivity contribution is 6.09. The van der Waals surface area contributed by atoms with E-state index in [0.717, 1.165) is 44.2 Å². The van der Waals surface area contributed by atoms with Crippen LogP contribution in [-0.4, -0.2) is 9.97 Å². The molecule has 0 radical (unpaired) electrons. The number of para-hydroxylation sites is 2. The SMILES string of the molecule is c1ccc(-c2cccc3c2oc2cc4ccccc4nc23)nc1. The Morgan fingerprint density at radius 2 is 1.74 bits per heavy atom. The summed E-state index contributed by atoms with van der Waals surface area (Å²) in [7, 11) is 0. The van der Waals surface area contributed by atoms with Crippen LogP contribution in [0.3, 0.4) is 0 Å². The fourth-order valence-corrected chi connectivity index (χ4v) is 3.03. The molecular weight excluding hydrogens is 284 g/mol. The van der Waals surface area contributed by atoms with Crippen molar-refractivity contribution in [3.63, 3.8) is 0 Å². The molecule has 5 aromatic rings. The number of aromatic nitrogens is 2. The van der Waals surface area contributed by atoms with Crippen LogP contribution in [0.25, 0.3) is 44.2 Å². The van der Waals surface area contributed by atoms with Crippen molar-refractivity contribution in [3.8, 4) is 11.3 Å². The van der Waals surface area contributed by atoms with Crippen molar-refractivity contribution in [3.05, 3.63) is 72.9 Å².